The number of fused-ring (bicyclic) bond motifs is 1. The van der Waals surface area contributed by atoms with Gasteiger partial charge in [-0.1, -0.05) is 18.2 Å². The van der Waals surface area contributed by atoms with E-state index in [9.17, 15) is 9.59 Å². The molecule has 1 aromatic carbocycles. The minimum Gasteiger partial charge on any atom is -0.474 e. The van der Waals surface area contributed by atoms with Crippen molar-refractivity contribution in [2.24, 2.45) is 0 Å². The molecular formula is C21H20N2O4. The molecule has 1 N–H and O–H groups in total. The fraction of sp³-hybridized carbons (Fsp3) is 0.286. The largest absolute Gasteiger partial charge is 0.474 e. The summed E-state index contributed by atoms with van der Waals surface area (Å²) in [7, 11) is 0. The highest BCUT2D eigenvalue weighted by Gasteiger charge is 2.19. The highest BCUT2D eigenvalue weighted by atomic mass is 16.5. The van der Waals surface area contributed by atoms with Crippen LogP contribution >= 0.6 is 0 Å². The topological polar surface area (TPSA) is 81.4 Å². The molecule has 1 aliphatic rings. The van der Waals surface area contributed by atoms with Gasteiger partial charge in [-0.2, -0.15) is 0 Å². The van der Waals surface area contributed by atoms with E-state index in [0.29, 0.717) is 16.8 Å². The van der Waals surface area contributed by atoms with Crippen LogP contribution in [-0.2, 0) is 6.54 Å². The molecule has 3 aromatic rings. The van der Waals surface area contributed by atoms with Crippen LogP contribution in [0.1, 0.15) is 41.8 Å². The molecule has 27 heavy (non-hydrogen) atoms. The number of para-hydroxylation sites is 1. The van der Waals surface area contributed by atoms with Gasteiger partial charge in [0.2, 0.25) is 5.88 Å². The van der Waals surface area contributed by atoms with Crippen molar-refractivity contribution in [3.05, 3.63) is 70.2 Å². The van der Waals surface area contributed by atoms with E-state index in [4.69, 9.17) is 9.15 Å². The number of amides is 1. The molecule has 0 unspecified atom stereocenters. The Kier molecular flexibility index (Phi) is 4.87. The standard InChI is InChI=1S/C21H20N2O4/c24-17-12-19(27-18-10-4-3-9-16(17)18)20(25)23-13-14-6-5-11-22-21(14)26-15-7-1-2-8-15/h3-6,9-12,15H,1-2,7-8,13H2,(H,23,25). The monoisotopic (exact) mass is 364 g/mol. The minimum absolute atomic E-state index is 0.0131. The van der Waals surface area contributed by atoms with E-state index in [0.717, 1.165) is 18.4 Å². The average Bonchev–Trinajstić information content (AvgIpc) is 3.20. The normalized spacial score (nSPS) is 14.4. The molecule has 6 nitrogen and oxygen atoms in total. The summed E-state index contributed by atoms with van der Waals surface area (Å²) in [5, 5.41) is 3.23. The van der Waals surface area contributed by atoms with Crippen molar-refractivity contribution in [3.8, 4) is 5.88 Å². The molecule has 2 aromatic heterocycles. The van der Waals surface area contributed by atoms with E-state index in [1.54, 1.807) is 36.5 Å². The van der Waals surface area contributed by atoms with Crippen molar-refractivity contribution in [1.29, 1.82) is 0 Å². The molecule has 4 rings (SSSR count). The van der Waals surface area contributed by atoms with Gasteiger partial charge in [0.15, 0.2) is 11.2 Å². The van der Waals surface area contributed by atoms with Gasteiger partial charge in [0.25, 0.3) is 5.91 Å². The first-order valence-corrected chi connectivity index (χ1v) is 9.12. The third kappa shape index (κ3) is 3.84. The van der Waals surface area contributed by atoms with Gasteiger partial charge < -0.3 is 14.5 Å². The van der Waals surface area contributed by atoms with E-state index in [-0.39, 0.29) is 23.8 Å². The zero-order valence-corrected chi connectivity index (χ0v) is 14.8. The lowest BCUT2D eigenvalue weighted by Gasteiger charge is -2.15. The Morgan fingerprint density at radius 3 is 2.85 bits per heavy atom. The number of hydrogen-bond acceptors (Lipinski definition) is 5. The van der Waals surface area contributed by atoms with Crippen molar-refractivity contribution in [3.63, 3.8) is 0 Å². The van der Waals surface area contributed by atoms with E-state index < -0.39 is 5.91 Å². The lowest BCUT2D eigenvalue weighted by molar-refractivity contribution is 0.0923. The minimum atomic E-state index is -0.450. The third-order valence-electron chi connectivity index (χ3n) is 4.73. The van der Waals surface area contributed by atoms with Crippen LogP contribution < -0.4 is 15.5 Å². The van der Waals surface area contributed by atoms with Crippen molar-refractivity contribution in [1.82, 2.24) is 10.3 Å². The molecule has 0 saturated heterocycles. The summed E-state index contributed by atoms with van der Waals surface area (Å²) in [6.07, 6.45) is 6.27. The Bertz CT molecular complexity index is 1020. The summed E-state index contributed by atoms with van der Waals surface area (Å²) in [6.45, 7) is 0.241. The first-order chi connectivity index (χ1) is 13.2. The molecule has 138 valence electrons. The van der Waals surface area contributed by atoms with E-state index in [1.165, 1.54) is 18.9 Å². The number of carbonyl (C=O) groups excluding carboxylic acids is 1. The lowest BCUT2D eigenvalue weighted by Crippen LogP contribution is -2.25. The maximum absolute atomic E-state index is 12.5. The summed E-state index contributed by atoms with van der Waals surface area (Å²) in [5.41, 5.74) is 0.941. The average molecular weight is 364 g/mol. The molecular weight excluding hydrogens is 344 g/mol. The number of hydrogen-bond donors (Lipinski definition) is 1. The van der Waals surface area contributed by atoms with Crippen LogP contribution in [0.15, 0.2) is 57.9 Å². The molecule has 0 radical (unpaired) electrons. The summed E-state index contributed by atoms with van der Waals surface area (Å²) in [6, 6.07) is 11.7. The van der Waals surface area contributed by atoms with Crippen LogP contribution in [0, 0.1) is 0 Å². The highest BCUT2D eigenvalue weighted by Crippen LogP contribution is 2.25. The number of nitrogens with zero attached hydrogens (tertiary/aromatic N) is 1. The SMILES string of the molecule is O=C(NCc1cccnc1OC1CCCC1)c1cc(=O)c2ccccc2o1. The molecule has 1 amide bonds. The van der Waals surface area contributed by atoms with Gasteiger partial charge in [0, 0.05) is 24.4 Å². The van der Waals surface area contributed by atoms with E-state index in [1.807, 2.05) is 6.07 Å². The second-order valence-corrected chi connectivity index (χ2v) is 6.65. The summed E-state index contributed by atoms with van der Waals surface area (Å²) in [4.78, 5) is 28.9. The summed E-state index contributed by atoms with van der Waals surface area (Å²) >= 11 is 0. The molecule has 1 saturated carbocycles. The first kappa shape index (κ1) is 17.3. The first-order valence-electron chi connectivity index (χ1n) is 9.12. The van der Waals surface area contributed by atoms with Crippen molar-refractivity contribution in [2.45, 2.75) is 38.3 Å². The molecule has 0 spiro atoms. The fourth-order valence-electron chi connectivity index (χ4n) is 3.31. The van der Waals surface area contributed by atoms with Crippen LogP contribution in [0.5, 0.6) is 5.88 Å². The molecule has 2 heterocycles. The smallest absolute Gasteiger partial charge is 0.287 e. The number of ether oxygens (including phenoxy) is 1. The van der Waals surface area contributed by atoms with E-state index in [2.05, 4.69) is 10.3 Å². The molecule has 1 aliphatic carbocycles. The Morgan fingerprint density at radius 1 is 1.19 bits per heavy atom. The Hall–Kier alpha value is -3.15. The zero-order valence-electron chi connectivity index (χ0n) is 14.8. The maximum atomic E-state index is 12.5. The lowest BCUT2D eigenvalue weighted by atomic mass is 10.2. The number of pyridine rings is 1. The predicted molar refractivity (Wildman–Crippen MR) is 101 cm³/mol. The molecule has 0 aliphatic heterocycles. The molecule has 6 heteroatoms. The van der Waals surface area contributed by atoms with E-state index >= 15 is 0 Å². The molecule has 1 fully saturated rings. The van der Waals surface area contributed by atoms with Crippen LogP contribution in [-0.4, -0.2) is 17.0 Å². The summed E-state index contributed by atoms with van der Waals surface area (Å²) in [5.74, 6) is 0.0824. The second kappa shape index (κ2) is 7.61. The van der Waals surface area contributed by atoms with Gasteiger partial charge in [-0.25, -0.2) is 4.98 Å². The van der Waals surface area contributed by atoms with Gasteiger partial charge in [0.05, 0.1) is 5.39 Å². The van der Waals surface area contributed by atoms with Gasteiger partial charge in [-0.15, -0.1) is 0 Å². The van der Waals surface area contributed by atoms with Gasteiger partial charge in [-0.05, 0) is 43.9 Å². The maximum Gasteiger partial charge on any atom is 0.287 e. The van der Waals surface area contributed by atoms with Gasteiger partial charge >= 0.3 is 0 Å². The third-order valence-corrected chi connectivity index (χ3v) is 4.73. The van der Waals surface area contributed by atoms with Crippen molar-refractivity contribution < 1.29 is 13.9 Å². The number of aromatic nitrogens is 1. The second-order valence-electron chi connectivity index (χ2n) is 6.65. The van der Waals surface area contributed by atoms with Crippen LogP contribution in [0.2, 0.25) is 0 Å². The number of rotatable bonds is 5. The highest BCUT2D eigenvalue weighted by molar-refractivity contribution is 5.93. The number of carbonyl (C=O) groups is 1. The Labute approximate surface area is 156 Å². The number of benzene rings is 1. The molecule has 0 atom stereocenters. The summed E-state index contributed by atoms with van der Waals surface area (Å²) < 4.78 is 11.6. The van der Waals surface area contributed by atoms with Crippen molar-refractivity contribution in [2.75, 3.05) is 0 Å². The van der Waals surface area contributed by atoms with Crippen molar-refractivity contribution >= 4 is 16.9 Å². The predicted octanol–water partition coefficient (Wildman–Crippen LogP) is 3.44. The Morgan fingerprint density at radius 2 is 2.00 bits per heavy atom. The van der Waals surface area contributed by atoms with Crippen LogP contribution in [0.4, 0.5) is 0 Å². The molecule has 0 bridgehead atoms. The van der Waals surface area contributed by atoms with Crippen LogP contribution in [0.3, 0.4) is 0 Å². The zero-order chi connectivity index (χ0) is 18.6. The quantitative estimate of drug-likeness (QED) is 0.750. The van der Waals surface area contributed by atoms with Gasteiger partial charge in [-0.3, -0.25) is 9.59 Å². The number of nitrogens with one attached hydrogen (secondary N) is 1. The van der Waals surface area contributed by atoms with Crippen LogP contribution in [0.25, 0.3) is 11.0 Å². The van der Waals surface area contributed by atoms with Gasteiger partial charge in [0.1, 0.15) is 11.7 Å². The fourth-order valence-corrected chi connectivity index (χ4v) is 3.31. The Balaban J connectivity index is 1.49.